The smallest absolute Gasteiger partial charge is 0.235 e. The van der Waals surface area contributed by atoms with Crippen LogP contribution in [0.1, 0.15) is 12.5 Å². The average molecular weight is 323 g/mol. The molecular formula is C19H17NO4. The summed E-state index contributed by atoms with van der Waals surface area (Å²) in [7, 11) is 1.57. The normalized spacial score (nSPS) is 10.8. The molecule has 0 unspecified atom stereocenters. The predicted octanol–water partition coefficient (Wildman–Crippen LogP) is 3.76. The number of benzene rings is 2. The molecule has 24 heavy (non-hydrogen) atoms. The Kier molecular flexibility index (Phi) is 4.08. The third kappa shape index (κ3) is 2.88. The van der Waals surface area contributed by atoms with Crippen LogP contribution >= 0.6 is 0 Å². The van der Waals surface area contributed by atoms with E-state index in [0.717, 1.165) is 5.56 Å². The fourth-order valence-corrected chi connectivity index (χ4v) is 2.59. The number of hydrogen-bond donors (Lipinski definition) is 2. The number of ether oxygens (including phenoxy) is 1. The zero-order chi connectivity index (χ0) is 17.3. The fourth-order valence-electron chi connectivity index (χ4n) is 2.59. The van der Waals surface area contributed by atoms with Gasteiger partial charge in [-0.15, -0.1) is 0 Å². The van der Waals surface area contributed by atoms with Crippen LogP contribution in [0.5, 0.6) is 11.5 Å². The molecule has 0 spiro atoms. The minimum Gasteiger partial charge on any atom is -0.502 e. The van der Waals surface area contributed by atoms with Crippen LogP contribution in [-0.2, 0) is 6.42 Å². The van der Waals surface area contributed by atoms with Gasteiger partial charge in [0.2, 0.25) is 11.2 Å². The molecule has 0 amide bonds. The Morgan fingerprint density at radius 2 is 1.92 bits per heavy atom. The highest BCUT2D eigenvalue weighted by atomic mass is 16.5. The van der Waals surface area contributed by atoms with Crippen LogP contribution < -0.4 is 10.2 Å². The first-order valence-corrected chi connectivity index (χ1v) is 7.46. The van der Waals surface area contributed by atoms with E-state index in [2.05, 4.69) is 0 Å². The first kappa shape index (κ1) is 15.8. The number of fused-ring (bicyclic) bond motifs is 1. The van der Waals surface area contributed by atoms with E-state index in [9.17, 15) is 9.90 Å². The van der Waals surface area contributed by atoms with Crippen molar-refractivity contribution in [2.45, 2.75) is 13.3 Å². The number of rotatable bonds is 4. The summed E-state index contributed by atoms with van der Waals surface area (Å²) in [4.78, 5) is 12.5. The maximum atomic E-state index is 12.5. The molecule has 3 rings (SSSR count). The van der Waals surface area contributed by atoms with Crippen molar-refractivity contribution in [2.24, 2.45) is 0 Å². The molecule has 0 aliphatic heterocycles. The number of nitrogens with one attached hydrogen (secondary N) is 1. The third-order valence-corrected chi connectivity index (χ3v) is 3.75. The van der Waals surface area contributed by atoms with Gasteiger partial charge in [0, 0.05) is 17.7 Å². The van der Waals surface area contributed by atoms with Crippen molar-refractivity contribution in [3.63, 3.8) is 0 Å². The predicted molar refractivity (Wildman–Crippen MR) is 93.2 cm³/mol. The quantitative estimate of drug-likeness (QED) is 0.716. The summed E-state index contributed by atoms with van der Waals surface area (Å²) in [6.45, 7) is 1.71. The molecule has 2 N–H and O–H groups in total. The van der Waals surface area contributed by atoms with Gasteiger partial charge in [-0.3, -0.25) is 4.79 Å². The Morgan fingerprint density at radius 1 is 1.21 bits per heavy atom. The van der Waals surface area contributed by atoms with Crippen molar-refractivity contribution in [2.75, 3.05) is 7.11 Å². The first-order chi connectivity index (χ1) is 11.5. The van der Waals surface area contributed by atoms with E-state index in [-0.39, 0.29) is 5.76 Å². The van der Waals surface area contributed by atoms with Gasteiger partial charge in [-0.25, -0.2) is 0 Å². The maximum Gasteiger partial charge on any atom is 0.235 e. The molecule has 0 radical (unpaired) electrons. The maximum absolute atomic E-state index is 12.5. The third-order valence-electron chi connectivity index (χ3n) is 3.75. The zero-order valence-corrected chi connectivity index (χ0v) is 13.4. The van der Waals surface area contributed by atoms with E-state index >= 15 is 0 Å². The largest absolute Gasteiger partial charge is 0.502 e. The van der Waals surface area contributed by atoms with Crippen LogP contribution in [0, 0.1) is 5.41 Å². The van der Waals surface area contributed by atoms with Crippen molar-refractivity contribution in [1.82, 2.24) is 0 Å². The molecule has 5 nitrogen and oxygen atoms in total. The number of aromatic hydroxyl groups is 1. The monoisotopic (exact) mass is 323 g/mol. The fraction of sp³-hybridized carbons (Fsp3) is 0.158. The summed E-state index contributed by atoms with van der Waals surface area (Å²) in [5, 5.41) is 18.1. The Balaban J connectivity index is 2.15. The van der Waals surface area contributed by atoms with Crippen LogP contribution in [0.2, 0.25) is 0 Å². The molecule has 0 saturated heterocycles. The van der Waals surface area contributed by atoms with E-state index in [0.29, 0.717) is 34.4 Å². The second kappa shape index (κ2) is 6.20. The van der Waals surface area contributed by atoms with Crippen molar-refractivity contribution in [3.05, 3.63) is 58.3 Å². The second-order valence-corrected chi connectivity index (χ2v) is 5.63. The summed E-state index contributed by atoms with van der Waals surface area (Å²) >= 11 is 0. The molecule has 3 aromatic rings. The molecule has 0 atom stereocenters. The molecule has 0 fully saturated rings. The molecule has 1 heterocycles. The van der Waals surface area contributed by atoms with Gasteiger partial charge in [0.05, 0.1) is 12.5 Å². The molecular weight excluding hydrogens is 306 g/mol. The molecule has 0 aliphatic carbocycles. The topological polar surface area (TPSA) is 83.5 Å². The van der Waals surface area contributed by atoms with Gasteiger partial charge in [0.15, 0.2) is 5.76 Å². The Labute approximate surface area is 138 Å². The Bertz CT molecular complexity index is 971. The summed E-state index contributed by atoms with van der Waals surface area (Å²) in [6, 6.07) is 12.1. The SMILES string of the molecule is COc1ccc(-c2oc3ccc(CC(C)=N)cc3c(=O)c2O)cc1. The van der Waals surface area contributed by atoms with E-state index < -0.39 is 11.2 Å². The van der Waals surface area contributed by atoms with E-state index in [1.165, 1.54) is 0 Å². The number of hydrogen-bond acceptors (Lipinski definition) is 5. The summed E-state index contributed by atoms with van der Waals surface area (Å²) in [6.07, 6.45) is 0.455. The zero-order valence-electron chi connectivity index (χ0n) is 13.4. The van der Waals surface area contributed by atoms with Crippen LogP contribution in [0.3, 0.4) is 0 Å². The molecule has 2 aromatic carbocycles. The van der Waals surface area contributed by atoms with Crippen molar-refractivity contribution in [1.29, 1.82) is 5.41 Å². The first-order valence-electron chi connectivity index (χ1n) is 7.46. The minimum absolute atomic E-state index is 0.131. The van der Waals surface area contributed by atoms with E-state index in [1.54, 1.807) is 50.4 Å². The lowest BCUT2D eigenvalue weighted by Gasteiger charge is -2.08. The lowest BCUT2D eigenvalue weighted by Crippen LogP contribution is -2.04. The Morgan fingerprint density at radius 3 is 2.54 bits per heavy atom. The van der Waals surface area contributed by atoms with Gasteiger partial charge in [0.1, 0.15) is 11.3 Å². The Hall–Kier alpha value is -3.08. The molecule has 122 valence electrons. The summed E-state index contributed by atoms with van der Waals surface area (Å²) in [5.41, 5.74) is 1.84. The van der Waals surface area contributed by atoms with Gasteiger partial charge in [-0.1, -0.05) is 6.07 Å². The lowest BCUT2D eigenvalue weighted by atomic mass is 10.0. The van der Waals surface area contributed by atoms with E-state index in [4.69, 9.17) is 14.6 Å². The van der Waals surface area contributed by atoms with Crippen molar-refractivity contribution >= 4 is 16.7 Å². The van der Waals surface area contributed by atoms with Crippen LogP contribution in [-0.4, -0.2) is 17.9 Å². The van der Waals surface area contributed by atoms with Gasteiger partial charge in [-0.2, -0.15) is 0 Å². The highest BCUT2D eigenvalue weighted by molar-refractivity contribution is 5.85. The summed E-state index contributed by atoms with van der Waals surface area (Å²) in [5.74, 6) is 0.385. The highest BCUT2D eigenvalue weighted by Crippen LogP contribution is 2.31. The highest BCUT2D eigenvalue weighted by Gasteiger charge is 2.15. The lowest BCUT2D eigenvalue weighted by molar-refractivity contribution is 0.414. The molecule has 5 heteroatoms. The molecule has 1 aromatic heterocycles. The van der Waals surface area contributed by atoms with Crippen molar-refractivity contribution < 1.29 is 14.3 Å². The average Bonchev–Trinajstić information content (AvgIpc) is 2.58. The van der Waals surface area contributed by atoms with Gasteiger partial charge in [0.25, 0.3) is 0 Å². The molecule has 0 aliphatic rings. The van der Waals surface area contributed by atoms with E-state index in [1.807, 2.05) is 6.07 Å². The van der Waals surface area contributed by atoms with Gasteiger partial charge >= 0.3 is 0 Å². The van der Waals surface area contributed by atoms with Gasteiger partial charge in [-0.05, 0) is 48.9 Å². The number of methoxy groups -OCH3 is 1. The van der Waals surface area contributed by atoms with Crippen LogP contribution in [0.15, 0.2) is 51.7 Å². The molecule has 0 saturated carbocycles. The van der Waals surface area contributed by atoms with Crippen LogP contribution in [0.25, 0.3) is 22.3 Å². The van der Waals surface area contributed by atoms with Crippen molar-refractivity contribution in [3.8, 4) is 22.8 Å². The molecule has 0 bridgehead atoms. The van der Waals surface area contributed by atoms with Gasteiger partial charge < -0.3 is 19.7 Å². The second-order valence-electron chi connectivity index (χ2n) is 5.63. The standard InChI is InChI=1S/C19H17NO4/c1-11(20)9-12-3-8-16-15(10-12)17(21)18(22)19(24-16)13-4-6-14(23-2)7-5-13/h3-8,10,20,22H,9H2,1-2H3. The van der Waals surface area contributed by atoms with Crippen LogP contribution in [0.4, 0.5) is 0 Å². The minimum atomic E-state index is -0.480. The summed E-state index contributed by atoms with van der Waals surface area (Å²) < 4.78 is 10.9.